The van der Waals surface area contributed by atoms with E-state index in [1.807, 2.05) is 0 Å². The summed E-state index contributed by atoms with van der Waals surface area (Å²) in [4.78, 5) is 4.41. The summed E-state index contributed by atoms with van der Waals surface area (Å²) >= 11 is 0. The molecular weight excluding hydrogens is 266 g/mol. The highest BCUT2D eigenvalue weighted by molar-refractivity contribution is 7.87. The molecule has 1 aliphatic heterocycles. The molecule has 0 atom stereocenters. The molecule has 1 aromatic heterocycles. The molecule has 19 heavy (non-hydrogen) atoms. The lowest BCUT2D eigenvalue weighted by molar-refractivity contribution is 0.260. The van der Waals surface area contributed by atoms with Crippen LogP contribution in [0.5, 0.6) is 0 Å². The van der Waals surface area contributed by atoms with Crippen LogP contribution in [0.1, 0.15) is 17.2 Å². The largest absolute Gasteiger partial charge is 0.357 e. The fraction of sp³-hybridized carbons (Fsp3) is 0.250. The highest BCUT2D eigenvalue weighted by Gasteiger charge is 2.25. The first-order valence-electron chi connectivity index (χ1n) is 5.86. The van der Waals surface area contributed by atoms with Gasteiger partial charge in [0.1, 0.15) is 10.7 Å². The molecule has 0 saturated heterocycles. The Bertz CT molecular complexity index is 707. The molecule has 100 valence electrons. The average Bonchev–Trinajstić information content (AvgIpc) is 2.94. The quantitative estimate of drug-likeness (QED) is 0.891. The van der Waals surface area contributed by atoms with Crippen molar-refractivity contribution >= 4 is 10.1 Å². The van der Waals surface area contributed by atoms with Crippen LogP contribution in [0.15, 0.2) is 35.2 Å². The molecule has 1 aromatic carbocycles. The molecule has 0 saturated carbocycles. The summed E-state index contributed by atoms with van der Waals surface area (Å²) < 4.78 is 30.8. The maximum Gasteiger partial charge on any atom is 0.357 e. The molecular formula is C12H13N3O3S. The highest BCUT2D eigenvalue weighted by Crippen LogP contribution is 2.18. The lowest BCUT2D eigenvalue weighted by Gasteiger charge is -2.10. The van der Waals surface area contributed by atoms with Crippen molar-refractivity contribution in [3.8, 4) is 0 Å². The van der Waals surface area contributed by atoms with Gasteiger partial charge >= 0.3 is 10.1 Å². The summed E-state index contributed by atoms with van der Waals surface area (Å²) in [6.45, 7) is 2.91. The second-order valence-corrected chi connectivity index (χ2v) is 5.82. The van der Waals surface area contributed by atoms with Gasteiger partial charge in [-0.2, -0.15) is 13.1 Å². The van der Waals surface area contributed by atoms with Gasteiger partial charge in [0.05, 0.1) is 11.4 Å². The minimum atomic E-state index is -3.83. The van der Waals surface area contributed by atoms with Gasteiger partial charge in [-0.05, 0) is 19.1 Å². The Labute approximate surface area is 111 Å². The molecule has 2 aromatic rings. The van der Waals surface area contributed by atoms with E-state index in [4.69, 9.17) is 4.28 Å². The first-order chi connectivity index (χ1) is 9.08. The van der Waals surface area contributed by atoms with Gasteiger partial charge in [0.15, 0.2) is 0 Å². The van der Waals surface area contributed by atoms with Crippen molar-refractivity contribution < 1.29 is 12.7 Å². The summed E-state index contributed by atoms with van der Waals surface area (Å²) in [6.07, 6.45) is 0. The van der Waals surface area contributed by atoms with E-state index in [0.717, 1.165) is 11.4 Å². The van der Waals surface area contributed by atoms with Crippen molar-refractivity contribution in [1.82, 2.24) is 15.0 Å². The van der Waals surface area contributed by atoms with Crippen LogP contribution in [0, 0.1) is 6.92 Å². The number of nitrogens with one attached hydrogen (secondary N) is 1. The molecule has 0 fully saturated rings. The van der Waals surface area contributed by atoms with Crippen LogP contribution < -0.4 is 9.60 Å². The van der Waals surface area contributed by atoms with E-state index in [2.05, 4.69) is 10.3 Å². The van der Waals surface area contributed by atoms with E-state index >= 15 is 0 Å². The third-order valence-electron chi connectivity index (χ3n) is 2.96. The minimum absolute atomic E-state index is 0.128. The zero-order valence-electron chi connectivity index (χ0n) is 10.3. The van der Waals surface area contributed by atoms with Gasteiger partial charge in [0, 0.05) is 13.1 Å². The Morgan fingerprint density at radius 3 is 2.74 bits per heavy atom. The smallest absolute Gasteiger partial charge is 0.305 e. The Morgan fingerprint density at radius 2 is 2.00 bits per heavy atom. The van der Waals surface area contributed by atoms with Crippen molar-refractivity contribution in [2.24, 2.45) is 0 Å². The first-order valence-corrected chi connectivity index (χ1v) is 7.26. The van der Waals surface area contributed by atoms with E-state index in [-0.39, 0.29) is 4.90 Å². The van der Waals surface area contributed by atoms with Gasteiger partial charge in [-0.15, -0.1) is 0 Å². The van der Waals surface area contributed by atoms with E-state index in [0.29, 0.717) is 18.9 Å². The zero-order valence-corrected chi connectivity index (χ0v) is 11.1. The maximum absolute atomic E-state index is 12.2. The van der Waals surface area contributed by atoms with Crippen LogP contribution in [-0.2, 0) is 23.2 Å². The van der Waals surface area contributed by atoms with Crippen LogP contribution >= 0.6 is 0 Å². The Kier molecular flexibility index (Phi) is 2.79. The van der Waals surface area contributed by atoms with Gasteiger partial charge < -0.3 is 5.32 Å². The van der Waals surface area contributed by atoms with Crippen molar-refractivity contribution in [2.45, 2.75) is 24.9 Å². The fourth-order valence-electron chi connectivity index (χ4n) is 2.06. The molecule has 1 N–H and O–H groups in total. The van der Waals surface area contributed by atoms with Crippen LogP contribution in [-0.4, -0.2) is 18.1 Å². The predicted octanol–water partition coefficient (Wildman–Crippen LogP) is 0.612. The number of fused-ring (bicyclic) bond motifs is 1. The molecule has 2 heterocycles. The molecule has 0 bridgehead atoms. The number of nitrogens with zero attached hydrogens (tertiary/aromatic N) is 2. The lowest BCUT2D eigenvalue weighted by Crippen LogP contribution is -2.23. The number of benzene rings is 1. The monoisotopic (exact) mass is 279 g/mol. The molecule has 0 amide bonds. The fourth-order valence-corrected chi connectivity index (χ4v) is 3.03. The summed E-state index contributed by atoms with van der Waals surface area (Å²) in [7, 11) is -3.83. The van der Waals surface area contributed by atoms with Crippen molar-refractivity contribution in [3.05, 3.63) is 47.5 Å². The first kappa shape index (κ1) is 12.2. The van der Waals surface area contributed by atoms with Gasteiger partial charge in [-0.1, -0.05) is 18.2 Å². The Morgan fingerprint density at radius 1 is 1.26 bits per heavy atom. The number of aryl methyl sites for hydroxylation is 1. The Hall–Kier alpha value is -1.86. The number of imidazole rings is 1. The topological polar surface area (TPSA) is 73.2 Å². The minimum Gasteiger partial charge on any atom is -0.305 e. The Balaban J connectivity index is 1.98. The number of hydrogen-bond acceptors (Lipinski definition) is 5. The van der Waals surface area contributed by atoms with Crippen molar-refractivity contribution in [2.75, 3.05) is 0 Å². The molecule has 0 spiro atoms. The molecule has 0 unspecified atom stereocenters. The summed E-state index contributed by atoms with van der Waals surface area (Å²) in [5.74, 6) is 0.533. The zero-order chi connectivity index (χ0) is 13.5. The average molecular weight is 279 g/mol. The SMILES string of the molecule is Cc1nc2c(n1OS(=O)(=O)c1ccccc1)CNC2. The van der Waals surface area contributed by atoms with Gasteiger partial charge in [0.25, 0.3) is 0 Å². The van der Waals surface area contributed by atoms with Gasteiger partial charge in [0.2, 0.25) is 0 Å². The van der Waals surface area contributed by atoms with Crippen LogP contribution in [0.2, 0.25) is 0 Å². The number of rotatable bonds is 3. The maximum atomic E-state index is 12.2. The molecule has 0 radical (unpaired) electrons. The molecule has 6 nitrogen and oxygen atoms in total. The molecule has 3 rings (SSSR count). The third kappa shape index (κ3) is 2.11. The van der Waals surface area contributed by atoms with E-state index in [1.54, 1.807) is 25.1 Å². The predicted molar refractivity (Wildman–Crippen MR) is 67.7 cm³/mol. The lowest BCUT2D eigenvalue weighted by atomic mass is 10.4. The van der Waals surface area contributed by atoms with Crippen molar-refractivity contribution in [1.29, 1.82) is 0 Å². The number of hydrogen-bond donors (Lipinski definition) is 1. The van der Waals surface area contributed by atoms with E-state index in [1.165, 1.54) is 16.9 Å². The van der Waals surface area contributed by atoms with Gasteiger partial charge in [-0.3, -0.25) is 4.28 Å². The molecule has 0 aliphatic carbocycles. The second-order valence-electron chi connectivity index (χ2n) is 4.29. The van der Waals surface area contributed by atoms with E-state index in [9.17, 15) is 8.42 Å². The van der Waals surface area contributed by atoms with Crippen LogP contribution in [0.4, 0.5) is 0 Å². The van der Waals surface area contributed by atoms with Crippen LogP contribution in [0.3, 0.4) is 0 Å². The summed E-state index contributed by atoms with van der Waals surface area (Å²) in [5, 5.41) is 3.10. The molecule has 7 heteroatoms. The third-order valence-corrected chi connectivity index (χ3v) is 4.15. The highest BCUT2D eigenvalue weighted by atomic mass is 32.2. The normalized spacial score (nSPS) is 14.4. The van der Waals surface area contributed by atoms with E-state index < -0.39 is 10.1 Å². The summed E-state index contributed by atoms with van der Waals surface area (Å²) in [5.41, 5.74) is 1.60. The molecule has 1 aliphatic rings. The van der Waals surface area contributed by atoms with Crippen LogP contribution in [0.25, 0.3) is 0 Å². The second kappa shape index (κ2) is 4.36. The standard InChI is InChI=1S/C12H13N3O3S/c1-9-14-11-7-13-8-12(11)15(9)18-19(16,17)10-5-3-2-4-6-10/h2-6,13H,7-8H2,1H3. The number of aromatic nitrogens is 2. The van der Waals surface area contributed by atoms with Gasteiger partial charge in [-0.25, -0.2) is 4.98 Å². The van der Waals surface area contributed by atoms with Crippen molar-refractivity contribution in [3.63, 3.8) is 0 Å². The summed E-state index contributed by atoms with van der Waals surface area (Å²) in [6, 6.07) is 8.06.